The van der Waals surface area contributed by atoms with Gasteiger partial charge in [0.05, 0.1) is 0 Å². The van der Waals surface area contributed by atoms with Crippen LogP contribution in [0.4, 0.5) is 5.69 Å². The Morgan fingerprint density at radius 1 is 1.10 bits per heavy atom. The summed E-state index contributed by atoms with van der Waals surface area (Å²) in [6.45, 7) is 4.24. The van der Waals surface area contributed by atoms with Gasteiger partial charge in [-0.3, -0.25) is 0 Å². The second kappa shape index (κ2) is 6.33. The number of rotatable bonds is 3. The largest absolute Gasteiger partial charge is 0.449 e. The summed E-state index contributed by atoms with van der Waals surface area (Å²) in [7, 11) is 0. The van der Waals surface area contributed by atoms with Crippen LogP contribution in [-0.4, -0.2) is 11.0 Å². The Balaban J connectivity index is 1.64. The van der Waals surface area contributed by atoms with Crippen LogP contribution in [0.2, 0.25) is 0 Å². The van der Waals surface area contributed by atoms with Gasteiger partial charge in [-0.05, 0) is 37.3 Å². The lowest BCUT2D eigenvalue weighted by Crippen LogP contribution is -2.18. The van der Waals surface area contributed by atoms with E-state index in [-0.39, 0.29) is 0 Å². The van der Waals surface area contributed by atoms with Crippen molar-refractivity contribution in [2.24, 2.45) is 5.92 Å². The Bertz CT molecular complexity index is 573. The Morgan fingerprint density at radius 2 is 1.90 bits per heavy atom. The predicted octanol–water partition coefficient (Wildman–Crippen LogP) is 5.03. The summed E-state index contributed by atoms with van der Waals surface area (Å²) in [5.74, 6) is 1.59. The van der Waals surface area contributed by atoms with Gasteiger partial charge in [-0.2, -0.15) is 0 Å². The lowest BCUT2D eigenvalue weighted by Gasteiger charge is -2.18. The molecule has 1 aliphatic rings. The minimum atomic E-state index is 0.620. The average Bonchev–Trinajstić information content (AvgIpc) is 2.81. The molecule has 112 valence electrons. The molecule has 2 aromatic rings. The highest BCUT2D eigenvalue weighted by atomic mass is 16.3. The molecule has 0 radical (unpaired) electrons. The molecule has 1 saturated carbocycles. The molecule has 0 bridgehead atoms. The van der Waals surface area contributed by atoms with Gasteiger partial charge in [0.1, 0.15) is 12.0 Å². The third-order valence-electron chi connectivity index (χ3n) is 4.43. The summed E-state index contributed by atoms with van der Waals surface area (Å²) in [4.78, 5) is 4.36. The summed E-state index contributed by atoms with van der Waals surface area (Å²) in [5.41, 5.74) is 3.22. The van der Waals surface area contributed by atoms with Gasteiger partial charge < -0.3 is 9.73 Å². The quantitative estimate of drug-likeness (QED) is 0.803. The van der Waals surface area contributed by atoms with E-state index in [1.165, 1.54) is 37.8 Å². The molecule has 1 N–H and O–H groups in total. The molecule has 1 heterocycles. The second-order valence-electron chi connectivity index (χ2n) is 6.28. The van der Waals surface area contributed by atoms with Gasteiger partial charge in [0.15, 0.2) is 5.89 Å². The number of aryl methyl sites for hydroxylation is 1. The molecule has 1 aromatic heterocycles. The first-order valence-corrected chi connectivity index (χ1v) is 8.00. The van der Waals surface area contributed by atoms with Gasteiger partial charge in [-0.25, -0.2) is 4.98 Å². The normalized spacial score (nSPS) is 22.8. The molecule has 0 saturated heterocycles. The zero-order chi connectivity index (χ0) is 14.7. The standard InChI is InChI=1S/C18H24N2O/c1-13-4-3-5-16(9-6-13)20-17-10-7-15(8-11-17)18-12-21-14(2)19-18/h7-8,10-13,16,20H,3-6,9H2,1-2H3. The van der Waals surface area contributed by atoms with Crippen LogP contribution in [-0.2, 0) is 0 Å². The van der Waals surface area contributed by atoms with E-state index >= 15 is 0 Å². The highest BCUT2D eigenvalue weighted by molar-refractivity contribution is 5.61. The van der Waals surface area contributed by atoms with Crippen molar-refractivity contribution >= 4 is 5.69 Å². The third kappa shape index (κ3) is 3.66. The van der Waals surface area contributed by atoms with Gasteiger partial charge in [-0.15, -0.1) is 0 Å². The fourth-order valence-electron chi connectivity index (χ4n) is 3.10. The lowest BCUT2D eigenvalue weighted by molar-refractivity contribution is 0.502. The number of nitrogens with one attached hydrogen (secondary N) is 1. The molecule has 0 spiro atoms. The zero-order valence-electron chi connectivity index (χ0n) is 12.9. The van der Waals surface area contributed by atoms with E-state index in [0.717, 1.165) is 17.2 Å². The number of benzene rings is 1. The van der Waals surface area contributed by atoms with Crippen molar-refractivity contribution in [2.75, 3.05) is 5.32 Å². The zero-order valence-corrected chi connectivity index (χ0v) is 12.9. The Labute approximate surface area is 126 Å². The van der Waals surface area contributed by atoms with Crippen LogP contribution in [0, 0.1) is 12.8 Å². The molecule has 1 fully saturated rings. The molecule has 0 amide bonds. The molecule has 3 rings (SSSR count). The average molecular weight is 284 g/mol. The summed E-state index contributed by atoms with van der Waals surface area (Å²) < 4.78 is 5.27. The van der Waals surface area contributed by atoms with Crippen LogP contribution in [0.25, 0.3) is 11.3 Å². The van der Waals surface area contributed by atoms with Gasteiger partial charge in [0.25, 0.3) is 0 Å². The molecule has 3 heteroatoms. The van der Waals surface area contributed by atoms with E-state index in [9.17, 15) is 0 Å². The summed E-state index contributed by atoms with van der Waals surface area (Å²) in [5, 5.41) is 3.68. The van der Waals surface area contributed by atoms with Gasteiger partial charge in [0, 0.05) is 24.2 Å². The van der Waals surface area contributed by atoms with Crippen LogP contribution in [0.15, 0.2) is 34.9 Å². The summed E-state index contributed by atoms with van der Waals surface area (Å²) in [6, 6.07) is 9.13. The molecule has 1 aliphatic carbocycles. The SMILES string of the molecule is Cc1nc(-c2ccc(NC3CCCC(C)CC3)cc2)co1. The maximum atomic E-state index is 5.27. The molecular formula is C18H24N2O. The second-order valence-corrected chi connectivity index (χ2v) is 6.28. The summed E-state index contributed by atoms with van der Waals surface area (Å²) in [6.07, 6.45) is 8.34. The smallest absolute Gasteiger partial charge is 0.191 e. The predicted molar refractivity (Wildman–Crippen MR) is 86.3 cm³/mol. The number of nitrogens with zero attached hydrogens (tertiary/aromatic N) is 1. The van der Waals surface area contributed by atoms with Crippen molar-refractivity contribution in [1.29, 1.82) is 0 Å². The van der Waals surface area contributed by atoms with Crippen molar-refractivity contribution in [1.82, 2.24) is 4.98 Å². The molecule has 0 aliphatic heterocycles. The van der Waals surface area contributed by atoms with E-state index in [0.29, 0.717) is 11.9 Å². The van der Waals surface area contributed by atoms with Crippen LogP contribution >= 0.6 is 0 Å². The van der Waals surface area contributed by atoms with Gasteiger partial charge in [0.2, 0.25) is 0 Å². The van der Waals surface area contributed by atoms with E-state index in [1.807, 2.05) is 6.92 Å². The monoisotopic (exact) mass is 284 g/mol. The van der Waals surface area contributed by atoms with Crippen molar-refractivity contribution in [3.8, 4) is 11.3 Å². The maximum Gasteiger partial charge on any atom is 0.191 e. The Hall–Kier alpha value is -1.77. The van der Waals surface area contributed by atoms with Gasteiger partial charge >= 0.3 is 0 Å². The van der Waals surface area contributed by atoms with Crippen LogP contribution < -0.4 is 5.32 Å². The number of oxazole rings is 1. The molecule has 2 unspecified atom stereocenters. The summed E-state index contributed by atoms with van der Waals surface area (Å²) >= 11 is 0. The van der Waals surface area contributed by atoms with Crippen LogP contribution in [0.5, 0.6) is 0 Å². The van der Waals surface area contributed by atoms with E-state index < -0.39 is 0 Å². The minimum Gasteiger partial charge on any atom is -0.449 e. The molecule has 1 aromatic carbocycles. The number of hydrogen-bond acceptors (Lipinski definition) is 3. The number of hydrogen-bond donors (Lipinski definition) is 1. The Kier molecular flexibility index (Phi) is 4.28. The molecule has 2 atom stereocenters. The minimum absolute atomic E-state index is 0.620. The highest BCUT2D eigenvalue weighted by Gasteiger charge is 2.15. The first-order chi connectivity index (χ1) is 10.2. The molecule has 3 nitrogen and oxygen atoms in total. The van der Waals surface area contributed by atoms with Crippen molar-refractivity contribution in [3.05, 3.63) is 36.4 Å². The number of aromatic nitrogens is 1. The van der Waals surface area contributed by atoms with E-state index in [1.54, 1.807) is 6.26 Å². The molecular weight excluding hydrogens is 260 g/mol. The van der Waals surface area contributed by atoms with E-state index in [2.05, 4.69) is 41.5 Å². The van der Waals surface area contributed by atoms with Crippen molar-refractivity contribution < 1.29 is 4.42 Å². The first-order valence-electron chi connectivity index (χ1n) is 8.00. The number of anilines is 1. The van der Waals surface area contributed by atoms with Crippen LogP contribution in [0.3, 0.4) is 0 Å². The van der Waals surface area contributed by atoms with Gasteiger partial charge in [-0.1, -0.05) is 31.9 Å². The fraction of sp³-hybridized carbons (Fsp3) is 0.500. The molecule has 21 heavy (non-hydrogen) atoms. The van der Waals surface area contributed by atoms with Crippen molar-refractivity contribution in [2.45, 2.75) is 52.0 Å². The maximum absolute atomic E-state index is 5.27. The van der Waals surface area contributed by atoms with Crippen molar-refractivity contribution in [3.63, 3.8) is 0 Å². The third-order valence-corrected chi connectivity index (χ3v) is 4.43. The van der Waals surface area contributed by atoms with Crippen LogP contribution in [0.1, 0.15) is 44.9 Å². The fourth-order valence-corrected chi connectivity index (χ4v) is 3.10. The Morgan fingerprint density at radius 3 is 2.62 bits per heavy atom. The lowest BCUT2D eigenvalue weighted by atomic mass is 10.0. The topological polar surface area (TPSA) is 38.1 Å². The first kappa shape index (κ1) is 14.2. The van der Waals surface area contributed by atoms with E-state index in [4.69, 9.17) is 4.42 Å². The highest BCUT2D eigenvalue weighted by Crippen LogP contribution is 2.26.